The Kier molecular flexibility index (Phi) is 4.53. The third-order valence-electron chi connectivity index (χ3n) is 4.62. The molecular formula is C18H33N3. The van der Waals surface area contributed by atoms with Gasteiger partial charge in [-0.15, -0.1) is 0 Å². The molecule has 3 heteroatoms. The lowest BCUT2D eigenvalue weighted by molar-refractivity contribution is 0.0844. The van der Waals surface area contributed by atoms with Gasteiger partial charge in [0.15, 0.2) is 0 Å². The highest BCUT2D eigenvalue weighted by atomic mass is 15.3. The fraction of sp³-hybridized carbons (Fsp3) is 0.833. The normalized spacial score (nSPS) is 21.9. The van der Waals surface area contributed by atoms with E-state index in [9.17, 15) is 0 Å². The van der Waals surface area contributed by atoms with Crippen molar-refractivity contribution in [1.29, 1.82) is 0 Å². The van der Waals surface area contributed by atoms with Gasteiger partial charge < -0.3 is 5.32 Å². The fourth-order valence-electron chi connectivity index (χ4n) is 4.42. The smallest absolute Gasteiger partial charge is 0.0694 e. The van der Waals surface area contributed by atoms with Crippen molar-refractivity contribution >= 4 is 0 Å². The van der Waals surface area contributed by atoms with Crippen molar-refractivity contribution in [2.75, 3.05) is 0 Å². The number of hydrogen-bond donors (Lipinski definition) is 1. The third-order valence-corrected chi connectivity index (χ3v) is 4.62. The van der Waals surface area contributed by atoms with Crippen molar-refractivity contribution in [2.24, 2.45) is 17.9 Å². The predicted octanol–water partition coefficient (Wildman–Crippen LogP) is 4.24. The molecule has 1 aliphatic carbocycles. The van der Waals surface area contributed by atoms with Crippen LogP contribution in [0.2, 0.25) is 0 Å². The summed E-state index contributed by atoms with van der Waals surface area (Å²) in [5.74, 6) is 0.488. The van der Waals surface area contributed by atoms with Crippen LogP contribution in [0.1, 0.15) is 78.0 Å². The summed E-state index contributed by atoms with van der Waals surface area (Å²) in [6.45, 7) is 15.0. The maximum atomic E-state index is 4.61. The fourth-order valence-corrected chi connectivity index (χ4v) is 4.42. The number of nitrogens with zero attached hydrogens (tertiary/aromatic N) is 2. The van der Waals surface area contributed by atoms with E-state index in [2.05, 4.69) is 58.2 Å². The van der Waals surface area contributed by atoms with Crippen molar-refractivity contribution in [1.82, 2.24) is 15.1 Å². The minimum atomic E-state index is 0.440. The quantitative estimate of drug-likeness (QED) is 0.899. The highest BCUT2D eigenvalue weighted by molar-refractivity contribution is 5.20. The molecule has 0 bridgehead atoms. The van der Waals surface area contributed by atoms with Crippen LogP contribution >= 0.6 is 0 Å². The van der Waals surface area contributed by atoms with Gasteiger partial charge in [-0.25, -0.2) is 0 Å². The summed E-state index contributed by atoms with van der Waals surface area (Å²) < 4.78 is 1.95. The van der Waals surface area contributed by atoms with Crippen LogP contribution in [0, 0.1) is 10.8 Å². The third kappa shape index (κ3) is 4.32. The lowest BCUT2D eigenvalue weighted by atomic mass is 9.63. The molecule has 1 fully saturated rings. The largest absolute Gasteiger partial charge is 0.310 e. The van der Waals surface area contributed by atoms with Crippen molar-refractivity contribution in [3.05, 3.63) is 17.5 Å². The van der Waals surface area contributed by atoms with Crippen molar-refractivity contribution < 1.29 is 0 Å². The van der Waals surface area contributed by atoms with E-state index in [4.69, 9.17) is 0 Å². The van der Waals surface area contributed by atoms with Crippen LogP contribution in [-0.2, 0) is 13.6 Å². The summed E-state index contributed by atoms with van der Waals surface area (Å²) in [7, 11) is 2.02. The minimum absolute atomic E-state index is 0.440. The van der Waals surface area contributed by atoms with E-state index in [0.29, 0.717) is 22.8 Å². The number of nitrogens with one attached hydrogen (secondary N) is 1. The first-order valence-electron chi connectivity index (χ1n) is 8.34. The molecule has 1 N–H and O–H groups in total. The zero-order chi connectivity index (χ0) is 15.8. The zero-order valence-electron chi connectivity index (χ0n) is 15.0. The van der Waals surface area contributed by atoms with Gasteiger partial charge in [0.1, 0.15) is 0 Å². The molecular weight excluding hydrogens is 258 g/mol. The van der Waals surface area contributed by atoms with Crippen LogP contribution in [0.15, 0.2) is 6.20 Å². The zero-order valence-corrected chi connectivity index (χ0v) is 15.0. The first-order valence-corrected chi connectivity index (χ1v) is 8.34. The minimum Gasteiger partial charge on any atom is -0.310 e. The second-order valence-corrected chi connectivity index (χ2v) is 8.86. The van der Waals surface area contributed by atoms with Gasteiger partial charge in [0.25, 0.3) is 0 Å². The Labute approximate surface area is 130 Å². The first-order chi connectivity index (χ1) is 9.58. The molecule has 1 aromatic rings. The Balaban J connectivity index is 2.03. The molecule has 120 valence electrons. The molecule has 0 spiro atoms. The summed E-state index contributed by atoms with van der Waals surface area (Å²) in [5.41, 5.74) is 3.47. The molecule has 0 unspecified atom stereocenters. The van der Waals surface area contributed by atoms with Gasteiger partial charge >= 0.3 is 0 Å². The molecule has 21 heavy (non-hydrogen) atoms. The molecule has 1 aliphatic rings. The lowest BCUT2D eigenvalue weighted by Gasteiger charge is -2.45. The second-order valence-electron chi connectivity index (χ2n) is 8.86. The highest BCUT2D eigenvalue weighted by Crippen LogP contribution is 2.45. The van der Waals surface area contributed by atoms with Crippen LogP contribution in [-0.4, -0.2) is 15.8 Å². The van der Waals surface area contributed by atoms with Crippen LogP contribution in [0.5, 0.6) is 0 Å². The van der Waals surface area contributed by atoms with Crippen LogP contribution in [0.25, 0.3) is 0 Å². The summed E-state index contributed by atoms with van der Waals surface area (Å²) in [6.07, 6.45) is 6.03. The molecule has 0 aromatic carbocycles. The average Bonchev–Trinajstić information content (AvgIpc) is 2.64. The van der Waals surface area contributed by atoms with Gasteiger partial charge in [0, 0.05) is 31.4 Å². The standard InChI is InChI=1S/C18H33N3/c1-13(2)16-14(11-21(7)20-16)10-19-15-8-17(3,4)12-18(5,6)9-15/h11,13,15,19H,8-10,12H2,1-7H3. The Hall–Kier alpha value is -0.830. The van der Waals surface area contributed by atoms with Crippen molar-refractivity contribution in [3.63, 3.8) is 0 Å². The number of hydrogen-bond acceptors (Lipinski definition) is 2. The van der Waals surface area contributed by atoms with E-state index in [1.807, 2.05) is 11.7 Å². The summed E-state index contributed by atoms with van der Waals surface area (Å²) >= 11 is 0. The van der Waals surface area contributed by atoms with E-state index < -0.39 is 0 Å². The van der Waals surface area contributed by atoms with E-state index >= 15 is 0 Å². The molecule has 0 amide bonds. The monoisotopic (exact) mass is 291 g/mol. The Morgan fingerprint density at radius 1 is 1.24 bits per heavy atom. The van der Waals surface area contributed by atoms with Crippen molar-refractivity contribution in [3.8, 4) is 0 Å². The van der Waals surface area contributed by atoms with Gasteiger partial charge in [-0.05, 0) is 36.0 Å². The van der Waals surface area contributed by atoms with E-state index in [-0.39, 0.29) is 0 Å². The summed E-state index contributed by atoms with van der Waals surface area (Å²) in [6, 6.07) is 0.615. The molecule has 2 rings (SSSR count). The topological polar surface area (TPSA) is 29.9 Å². The summed E-state index contributed by atoms with van der Waals surface area (Å²) in [5, 5.41) is 8.41. The van der Waals surface area contributed by atoms with Gasteiger partial charge in [-0.2, -0.15) is 5.10 Å². The molecule has 0 radical (unpaired) electrons. The van der Waals surface area contributed by atoms with Gasteiger partial charge in [0.05, 0.1) is 5.69 Å². The van der Waals surface area contributed by atoms with Gasteiger partial charge in [0.2, 0.25) is 0 Å². The molecule has 1 saturated carbocycles. The Morgan fingerprint density at radius 2 is 1.81 bits per heavy atom. The van der Waals surface area contributed by atoms with E-state index in [0.717, 1.165) is 6.54 Å². The molecule has 3 nitrogen and oxygen atoms in total. The number of aromatic nitrogens is 2. The molecule has 0 atom stereocenters. The van der Waals surface area contributed by atoms with Crippen LogP contribution < -0.4 is 5.32 Å². The SMILES string of the molecule is CC(C)c1nn(C)cc1CNC1CC(C)(C)CC(C)(C)C1. The second kappa shape index (κ2) is 5.75. The number of aryl methyl sites for hydroxylation is 1. The maximum absolute atomic E-state index is 4.61. The molecule has 1 aromatic heterocycles. The predicted molar refractivity (Wildman–Crippen MR) is 89.3 cm³/mol. The summed E-state index contributed by atoms with van der Waals surface area (Å²) in [4.78, 5) is 0. The molecule has 0 saturated heterocycles. The average molecular weight is 291 g/mol. The molecule has 1 heterocycles. The van der Waals surface area contributed by atoms with E-state index in [1.54, 1.807) is 0 Å². The Morgan fingerprint density at radius 3 is 2.33 bits per heavy atom. The van der Waals surface area contributed by atoms with Crippen LogP contribution in [0.4, 0.5) is 0 Å². The first kappa shape index (κ1) is 16.5. The maximum Gasteiger partial charge on any atom is 0.0694 e. The highest BCUT2D eigenvalue weighted by Gasteiger charge is 2.38. The van der Waals surface area contributed by atoms with Crippen molar-refractivity contribution in [2.45, 2.75) is 79.3 Å². The molecule has 0 aliphatic heterocycles. The lowest BCUT2D eigenvalue weighted by Crippen LogP contribution is -2.43. The van der Waals surface area contributed by atoms with Crippen LogP contribution in [0.3, 0.4) is 0 Å². The van der Waals surface area contributed by atoms with E-state index in [1.165, 1.54) is 30.5 Å². The van der Waals surface area contributed by atoms with Gasteiger partial charge in [-0.1, -0.05) is 41.5 Å². The van der Waals surface area contributed by atoms with Gasteiger partial charge in [-0.3, -0.25) is 4.68 Å². The Bertz CT molecular complexity index is 467. The number of rotatable bonds is 4.